The van der Waals surface area contributed by atoms with Crippen LogP contribution in [0.25, 0.3) is 0 Å². The van der Waals surface area contributed by atoms with Crippen molar-refractivity contribution in [3.8, 4) is 0 Å². The number of hydrogen-bond acceptors (Lipinski definition) is 3. The van der Waals surface area contributed by atoms with Gasteiger partial charge in [-0.25, -0.2) is 8.42 Å². The monoisotopic (exact) mass is 357 g/mol. The Hall–Kier alpha value is -0.490. The summed E-state index contributed by atoms with van der Waals surface area (Å²) in [5.74, 6) is -0.372. The van der Waals surface area contributed by atoms with Crippen molar-refractivity contribution in [2.45, 2.75) is 25.2 Å². The summed E-state index contributed by atoms with van der Waals surface area (Å²) in [6.07, 6.45) is 0.776. The van der Waals surface area contributed by atoms with Gasteiger partial charge < -0.3 is 4.90 Å². The molecule has 0 saturated carbocycles. The van der Waals surface area contributed by atoms with Gasteiger partial charge in [0.1, 0.15) is 4.90 Å². The summed E-state index contributed by atoms with van der Waals surface area (Å²) in [6.45, 7) is 4.79. The second-order valence-electron chi connectivity index (χ2n) is 4.09. The van der Waals surface area contributed by atoms with E-state index in [1.165, 1.54) is 6.07 Å². The lowest BCUT2D eigenvalue weighted by molar-refractivity contribution is 0.0764. The standard InChI is InChI=1S/C12H14Cl3NO3S/c1-3-5-16(4-2)12(17)9-6-8(13)7-10(11(9)14)20(15,18)19/h6-7H,3-5H2,1-2H3. The number of nitrogens with zero attached hydrogens (tertiary/aromatic N) is 1. The van der Waals surface area contributed by atoms with E-state index in [0.29, 0.717) is 13.1 Å². The first-order chi connectivity index (χ1) is 9.22. The van der Waals surface area contributed by atoms with E-state index in [2.05, 4.69) is 0 Å². The number of halogens is 3. The molecule has 8 heteroatoms. The summed E-state index contributed by atoms with van der Waals surface area (Å²) in [4.78, 5) is 13.6. The first-order valence-electron chi connectivity index (χ1n) is 5.95. The summed E-state index contributed by atoms with van der Waals surface area (Å²) in [6, 6.07) is 2.47. The summed E-state index contributed by atoms with van der Waals surface area (Å²) in [5.41, 5.74) is 0.0358. The highest BCUT2D eigenvalue weighted by Crippen LogP contribution is 2.32. The van der Waals surface area contributed by atoms with Crippen molar-refractivity contribution in [3.63, 3.8) is 0 Å². The molecular formula is C12H14Cl3NO3S. The van der Waals surface area contributed by atoms with E-state index in [-0.39, 0.29) is 26.4 Å². The van der Waals surface area contributed by atoms with Gasteiger partial charge in [0.05, 0.1) is 10.6 Å². The Bertz CT molecular complexity index is 617. The quantitative estimate of drug-likeness (QED) is 0.752. The van der Waals surface area contributed by atoms with Gasteiger partial charge in [0.15, 0.2) is 0 Å². The second-order valence-corrected chi connectivity index (χ2v) is 7.44. The molecule has 20 heavy (non-hydrogen) atoms. The van der Waals surface area contributed by atoms with Crippen molar-refractivity contribution in [3.05, 3.63) is 27.7 Å². The Labute approximate surface area is 133 Å². The highest BCUT2D eigenvalue weighted by molar-refractivity contribution is 8.13. The molecule has 0 bridgehead atoms. The maximum atomic E-state index is 12.4. The molecule has 0 aromatic heterocycles. The highest BCUT2D eigenvalue weighted by Gasteiger charge is 2.24. The molecule has 1 aromatic rings. The smallest absolute Gasteiger partial charge is 0.262 e. The van der Waals surface area contributed by atoms with Crippen LogP contribution in [0.15, 0.2) is 17.0 Å². The maximum absolute atomic E-state index is 12.4. The predicted molar refractivity (Wildman–Crippen MR) is 81.4 cm³/mol. The predicted octanol–water partition coefficient (Wildman–Crippen LogP) is 3.79. The molecule has 0 atom stereocenters. The van der Waals surface area contributed by atoms with Crippen molar-refractivity contribution in [1.29, 1.82) is 0 Å². The number of rotatable bonds is 5. The van der Waals surface area contributed by atoms with Gasteiger partial charge in [-0.2, -0.15) is 0 Å². The molecule has 0 N–H and O–H groups in total. The Morgan fingerprint density at radius 3 is 2.30 bits per heavy atom. The first-order valence-corrected chi connectivity index (χ1v) is 9.01. The Kier molecular flexibility index (Phi) is 6.13. The average Bonchev–Trinajstić information content (AvgIpc) is 2.36. The van der Waals surface area contributed by atoms with Gasteiger partial charge in [-0.1, -0.05) is 30.1 Å². The highest BCUT2D eigenvalue weighted by atomic mass is 35.7. The van der Waals surface area contributed by atoms with E-state index in [9.17, 15) is 13.2 Å². The van der Waals surface area contributed by atoms with Crippen LogP contribution < -0.4 is 0 Å². The van der Waals surface area contributed by atoms with Crippen molar-refractivity contribution in [2.75, 3.05) is 13.1 Å². The normalized spacial score (nSPS) is 11.4. The van der Waals surface area contributed by atoms with E-state index in [1.807, 2.05) is 13.8 Å². The fourth-order valence-corrected chi connectivity index (χ4v) is 3.59. The van der Waals surface area contributed by atoms with Gasteiger partial charge >= 0.3 is 0 Å². The van der Waals surface area contributed by atoms with Crippen LogP contribution in [0, 0.1) is 0 Å². The number of hydrogen-bond donors (Lipinski definition) is 0. The molecule has 0 fully saturated rings. The lowest BCUT2D eigenvalue weighted by Gasteiger charge is -2.21. The van der Waals surface area contributed by atoms with Gasteiger partial charge in [0.25, 0.3) is 15.0 Å². The van der Waals surface area contributed by atoms with Crippen LogP contribution in [0.2, 0.25) is 10.0 Å². The van der Waals surface area contributed by atoms with E-state index < -0.39 is 9.05 Å². The molecule has 1 rings (SSSR count). The first kappa shape index (κ1) is 17.6. The Morgan fingerprint density at radius 2 is 1.85 bits per heavy atom. The third kappa shape index (κ3) is 4.01. The second kappa shape index (κ2) is 6.98. The number of benzene rings is 1. The van der Waals surface area contributed by atoms with Gasteiger partial charge in [-0.15, -0.1) is 0 Å². The molecule has 4 nitrogen and oxygen atoms in total. The maximum Gasteiger partial charge on any atom is 0.262 e. The summed E-state index contributed by atoms with van der Waals surface area (Å²) >= 11 is 11.8. The fourth-order valence-electron chi connectivity index (χ4n) is 1.74. The van der Waals surface area contributed by atoms with Gasteiger partial charge in [0, 0.05) is 28.8 Å². The molecule has 0 spiro atoms. The molecule has 1 amide bonds. The number of carbonyl (C=O) groups is 1. The third-order valence-corrected chi connectivity index (χ3v) is 4.74. The van der Waals surface area contributed by atoms with Crippen molar-refractivity contribution in [1.82, 2.24) is 4.90 Å². The van der Waals surface area contributed by atoms with Crippen LogP contribution in [0.5, 0.6) is 0 Å². The van der Waals surface area contributed by atoms with Crippen LogP contribution >= 0.6 is 33.9 Å². The van der Waals surface area contributed by atoms with Gasteiger partial charge in [0.2, 0.25) is 0 Å². The van der Waals surface area contributed by atoms with Crippen molar-refractivity contribution in [2.24, 2.45) is 0 Å². The Balaban J connectivity index is 3.39. The molecule has 0 aliphatic heterocycles. The molecule has 0 saturated heterocycles. The largest absolute Gasteiger partial charge is 0.339 e. The van der Waals surface area contributed by atoms with Crippen LogP contribution in [0.3, 0.4) is 0 Å². The number of amides is 1. The average molecular weight is 359 g/mol. The van der Waals surface area contributed by atoms with Crippen LogP contribution in [0.1, 0.15) is 30.6 Å². The molecule has 0 unspecified atom stereocenters. The topological polar surface area (TPSA) is 54.5 Å². The molecule has 0 aliphatic rings. The SMILES string of the molecule is CCCN(CC)C(=O)c1cc(Cl)cc(S(=O)(=O)Cl)c1Cl. The van der Waals surface area contributed by atoms with E-state index in [1.54, 1.807) is 4.90 Å². The zero-order valence-corrected chi connectivity index (χ0v) is 14.1. The minimum absolute atomic E-state index is 0.0358. The summed E-state index contributed by atoms with van der Waals surface area (Å²) < 4.78 is 22.9. The van der Waals surface area contributed by atoms with Crippen LogP contribution in [-0.4, -0.2) is 32.3 Å². The Morgan fingerprint density at radius 1 is 1.25 bits per heavy atom. The third-order valence-electron chi connectivity index (χ3n) is 2.66. The minimum Gasteiger partial charge on any atom is -0.339 e. The summed E-state index contributed by atoms with van der Waals surface area (Å²) in [5, 5.41) is -0.117. The molecule has 1 aromatic carbocycles. The lowest BCUT2D eigenvalue weighted by atomic mass is 10.2. The van der Waals surface area contributed by atoms with Gasteiger partial charge in [-0.05, 0) is 25.5 Å². The summed E-state index contributed by atoms with van der Waals surface area (Å²) in [7, 11) is 1.22. The molecule has 0 radical (unpaired) electrons. The zero-order valence-electron chi connectivity index (χ0n) is 11.0. The lowest BCUT2D eigenvalue weighted by Crippen LogP contribution is -2.31. The van der Waals surface area contributed by atoms with E-state index in [4.69, 9.17) is 33.9 Å². The van der Waals surface area contributed by atoms with E-state index in [0.717, 1.165) is 12.5 Å². The minimum atomic E-state index is -4.07. The van der Waals surface area contributed by atoms with Gasteiger partial charge in [-0.3, -0.25) is 4.79 Å². The van der Waals surface area contributed by atoms with E-state index >= 15 is 0 Å². The van der Waals surface area contributed by atoms with Crippen molar-refractivity contribution >= 4 is 48.8 Å². The molecule has 0 heterocycles. The van der Waals surface area contributed by atoms with Crippen LogP contribution in [0.4, 0.5) is 0 Å². The van der Waals surface area contributed by atoms with Crippen molar-refractivity contribution < 1.29 is 13.2 Å². The molecular weight excluding hydrogens is 345 g/mol. The fraction of sp³-hybridized carbons (Fsp3) is 0.417. The van der Waals surface area contributed by atoms with Crippen LogP contribution in [-0.2, 0) is 9.05 Å². The number of carbonyl (C=O) groups excluding carboxylic acids is 1. The zero-order chi connectivity index (χ0) is 15.5. The molecule has 0 aliphatic carbocycles. The molecule has 112 valence electrons.